The average Bonchev–Trinajstić information content (AvgIpc) is 3.39. The molecule has 35 heavy (non-hydrogen) atoms. The molecule has 0 amide bonds. The summed E-state index contributed by atoms with van der Waals surface area (Å²) in [5.41, 5.74) is 0.944. The van der Waals surface area contributed by atoms with Crippen molar-refractivity contribution in [2.24, 2.45) is 57.2 Å². The number of ether oxygens (including phenoxy) is 1. The fraction of sp³-hybridized carbons (Fsp3) is 0.935. The number of aliphatic carboxylic acids is 1. The SMILES string of the molecule is COC(=O)CCC12CC13CCC1(C)C(C(C)CCCC(C)C)CCC1(C)C3CCC2C(C)C(=O)O. The molecule has 0 aromatic carbocycles. The van der Waals surface area contributed by atoms with E-state index in [0.717, 1.165) is 37.0 Å². The standard InChI is InChI=1S/C31H52O4/c1-20(2)9-8-10-21(3)23-13-15-29(6)25-12-11-24(22(4)27(33)34)30(16-14-26(32)35-7)19-31(25,30)18-17-28(23,29)5/h20-25H,8-19H2,1-7H3,(H,33,34). The Kier molecular flexibility index (Phi) is 7.21. The molecule has 4 saturated carbocycles. The Morgan fingerprint density at radius 1 is 0.943 bits per heavy atom. The van der Waals surface area contributed by atoms with Gasteiger partial charge in [-0.3, -0.25) is 9.59 Å². The van der Waals surface area contributed by atoms with Gasteiger partial charge in [0.05, 0.1) is 13.0 Å². The van der Waals surface area contributed by atoms with Gasteiger partial charge >= 0.3 is 11.9 Å². The Morgan fingerprint density at radius 2 is 1.66 bits per heavy atom. The van der Waals surface area contributed by atoms with E-state index in [1.54, 1.807) is 0 Å². The van der Waals surface area contributed by atoms with E-state index in [-0.39, 0.29) is 28.6 Å². The van der Waals surface area contributed by atoms with E-state index in [4.69, 9.17) is 4.74 Å². The number of esters is 1. The normalized spacial score (nSPS) is 43.6. The predicted octanol–water partition coefficient (Wildman–Crippen LogP) is 7.74. The number of carbonyl (C=O) groups is 2. The van der Waals surface area contributed by atoms with Crippen LogP contribution in [-0.4, -0.2) is 24.2 Å². The highest BCUT2D eigenvalue weighted by Crippen LogP contribution is 2.87. The number of carboxylic acid groups (broad SMARTS) is 1. The van der Waals surface area contributed by atoms with E-state index >= 15 is 0 Å². The van der Waals surface area contributed by atoms with E-state index in [9.17, 15) is 14.7 Å². The summed E-state index contributed by atoms with van der Waals surface area (Å²) in [4.78, 5) is 24.3. The van der Waals surface area contributed by atoms with Gasteiger partial charge in [-0.15, -0.1) is 0 Å². The molecule has 4 fully saturated rings. The lowest BCUT2D eigenvalue weighted by Crippen LogP contribution is -2.55. The Morgan fingerprint density at radius 3 is 2.29 bits per heavy atom. The highest BCUT2D eigenvalue weighted by Gasteiger charge is 2.80. The third kappa shape index (κ3) is 3.99. The largest absolute Gasteiger partial charge is 0.481 e. The van der Waals surface area contributed by atoms with Gasteiger partial charge in [-0.2, -0.15) is 0 Å². The van der Waals surface area contributed by atoms with Gasteiger partial charge in [0.15, 0.2) is 0 Å². The number of rotatable bonds is 10. The molecule has 9 unspecified atom stereocenters. The fourth-order valence-electron chi connectivity index (χ4n) is 10.6. The molecule has 0 aliphatic heterocycles. The zero-order chi connectivity index (χ0) is 25.8. The quantitative estimate of drug-likeness (QED) is 0.319. The highest BCUT2D eigenvalue weighted by atomic mass is 16.5. The second-order valence-electron chi connectivity index (χ2n) is 14.2. The predicted molar refractivity (Wildman–Crippen MR) is 140 cm³/mol. The first kappa shape index (κ1) is 27.0. The second kappa shape index (κ2) is 9.35. The van der Waals surface area contributed by atoms with Crippen LogP contribution in [0.2, 0.25) is 0 Å². The van der Waals surface area contributed by atoms with Gasteiger partial charge in [0, 0.05) is 6.42 Å². The third-order valence-electron chi connectivity index (χ3n) is 12.7. The monoisotopic (exact) mass is 488 g/mol. The lowest BCUT2D eigenvalue weighted by atomic mass is 9.43. The van der Waals surface area contributed by atoms with Crippen LogP contribution in [0.25, 0.3) is 0 Å². The van der Waals surface area contributed by atoms with Crippen LogP contribution >= 0.6 is 0 Å². The van der Waals surface area contributed by atoms with E-state index in [1.807, 2.05) is 6.92 Å². The summed E-state index contributed by atoms with van der Waals surface area (Å²) in [6.07, 6.45) is 13.7. The van der Waals surface area contributed by atoms with Gasteiger partial charge in [0.25, 0.3) is 0 Å². The molecule has 1 N–H and O–H groups in total. The maximum absolute atomic E-state index is 12.2. The van der Waals surface area contributed by atoms with Gasteiger partial charge in [0.2, 0.25) is 0 Å². The van der Waals surface area contributed by atoms with Gasteiger partial charge in [-0.1, -0.05) is 60.8 Å². The van der Waals surface area contributed by atoms with Crippen molar-refractivity contribution in [1.82, 2.24) is 0 Å². The van der Waals surface area contributed by atoms with E-state index in [2.05, 4.69) is 34.6 Å². The van der Waals surface area contributed by atoms with Crippen LogP contribution in [-0.2, 0) is 14.3 Å². The molecule has 4 aliphatic carbocycles. The smallest absolute Gasteiger partial charge is 0.306 e. The van der Waals surface area contributed by atoms with Crippen molar-refractivity contribution in [3.05, 3.63) is 0 Å². The van der Waals surface area contributed by atoms with Gasteiger partial charge < -0.3 is 9.84 Å². The molecule has 4 nitrogen and oxygen atoms in total. The lowest BCUT2D eigenvalue weighted by Gasteiger charge is -2.61. The van der Waals surface area contributed by atoms with Crippen LogP contribution in [0.15, 0.2) is 0 Å². The Hall–Kier alpha value is -1.06. The molecule has 4 heteroatoms. The topological polar surface area (TPSA) is 63.6 Å². The molecular weight excluding hydrogens is 436 g/mol. The molecule has 0 radical (unpaired) electrons. The van der Waals surface area contributed by atoms with E-state index < -0.39 is 5.97 Å². The van der Waals surface area contributed by atoms with Gasteiger partial charge in [-0.25, -0.2) is 0 Å². The molecule has 9 atom stereocenters. The second-order valence-corrected chi connectivity index (χ2v) is 14.2. The number of carbonyl (C=O) groups excluding carboxylic acids is 1. The maximum atomic E-state index is 12.2. The molecule has 0 heterocycles. The molecule has 0 aromatic heterocycles. The number of methoxy groups -OCH3 is 1. The Balaban J connectivity index is 1.59. The Bertz CT molecular complexity index is 821. The lowest BCUT2D eigenvalue weighted by molar-refractivity contribution is -0.152. The van der Waals surface area contributed by atoms with Crippen molar-refractivity contribution in [3.63, 3.8) is 0 Å². The van der Waals surface area contributed by atoms with Crippen molar-refractivity contribution < 1.29 is 19.4 Å². The number of fused-ring (bicyclic) bond motifs is 2. The first-order valence-corrected chi connectivity index (χ1v) is 14.7. The van der Waals surface area contributed by atoms with Crippen molar-refractivity contribution in [2.75, 3.05) is 7.11 Å². The number of carboxylic acids is 1. The van der Waals surface area contributed by atoms with Crippen LogP contribution in [0, 0.1) is 57.2 Å². The maximum Gasteiger partial charge on any atom is 0.306 e. The van der Waals surface area contributed by atoms with Crippen molar-refractivity contribution in [3.8, 4) is 0 Å². The van der Waals surface area contributed by atoms with Gasteiger partial charge in [0.1, 0.15) is 0 Å². The van der Waals surface area contributed by atoms with Crippen molar-refractivity contribution >= 4 is 11.9 Å². The summed E-state index contributed by atoms with van der Waals surface area (Å²) in [5, 5.41) is 9.95. The fourth-order valence-corrected chi connectivity index (χ4v) is 10.6. The molecule has 0 saturated heterocycles. The molecule has 1 spiro atoms. The third-order valence-corrected chi connectivity index (χ3v) is 12.7. The molecule has 0 bridgehead atoms. The van der Waals surface area contributed by atoms with Crippen molar-refractivity contribution in [2.45, 2.75) is 119 Å². The minimum Gasteiger partial charge on any atom is -0.481 e. The molecule has 4 aliphatic rings. The summed E-state index contributed by atoms with van der Waals surface area (Å²) in [6.45, 7) is 14.4. The van der Waals surface area contributed by atoms with Crippen LogP contribution in [0.5, 0.6) is 0 Å². The number of hydrogen-bond acceptors (Lipinski definition) is 3. The van der Waals surface area contributed by atoms with Crippen LogP contribution in [0.1, 0.15) is 119 Å². The Labute approximate surface area is 214 Å². The van der Waals surface area contributed by atoms with Crippen LogP contribution < -0.4 is 0 Å². The summed E-state index contributed by atoms with van der Waals surface area (Å²) in [7, 11) is 1.47. The minimum atomic E-state index is -0.670. The highest BCUT2D eigenvalue weighted by molar-refractivity contribution is 5.71. The van der Waals surface area contributed by atoms with Crippen LogP contribution in [0.3, 0.4) is 0 Å². The molecule has 200 valence electrons. The summed E-state index contributed by atoms with van der Waals surface area (Å²) < 4.78 is 5.02. The molecule has 4 rings (SSSR count). The summed E-state index contributed by atoms with van der Waals surface area (Å²) in [6, 6.07) is 0. The van der Waals surface area contributed by atoms with Gasteiger partial charge in [-0.05, 0) is 103 Å². The van der Waals surface area contributed by atoms with E-state index in [1.165, 1.54) is 58.5 Å². The average molecular weight is 489 g/mol. The zero-order valence-corrected chi connectivity index (χ0v) is 23.6. The van der Waals surface area contributed by atoms with Crippen molar-refractivity contribution in [1.29, 1.82) is 0 Å². The summed E-state index contributed by atoms with van der Waals surface area (Å²) in [5.74, 6) is 2.06. The minimum absolute atomic E-state index is 0.00716. The molecular formula is C31H52O4. The van der Waals surface area contributed by atoms with Crippen LogP contribution in [0.4, 0.5) is 0 Å². The first-order valence-electron chi connectivity index (χ1n) is 14.7. The summed E-state index contributed by atoms with van der Waals surface area (Å²) >= 11 is 0. The molecule has 0 aromatic rings. The zero-order valence-electron chi connectivity index (χ0n) is 23.6. The van der Waals surface area contributed by atoms with E-state index in [0.29, 0.717) is 23.2 Å². The first-order chi connectivity index (χ1) is 16.4. The number of hydrogen-bond donors (Lipinski definition) is 1.